The highest BCUT2D eigenvalue weighted by atomic mass is 19.1. The summed E-state index contributed by atoms with van der Waals surface area (Å²) in [7, 11) is 1.29. The predicted octanol–water partition coefficient (Wildman–Crippen LogP) is 2.78. The van der Waals surface area contributed by atoms with Gasteiger partial charge in [-0.25, -0.2) is 8.78 Å². The fourth-order valence-electron chi connectivity index (χ4n) is 3.80. The van der Waals surface area contributed by atoms with E-state index in [-0.39, 0.29) is 35.6 Å². The Morgan fingerprint density at radius 3 is 2.59 bits per heavy atom. The first-order valence-corrected chi connectivity index (χ1v) is 9.78. The topological polar surface area (TPSA) is 75.7 Å². The lowest BCUT2D eigenvalue weighted by atomic mass is 9.84. The highest BCUT2D eigenvalue weighted by molar-refractivity contribution is 6.10. The first kappa shape index (κ1) is 21.2. The van der Waals surface area contributed by atoms with Crippen molar-refractivity contribution in [1.29, 1.82) is 0 Å². The Hall–Kier alpha value is -2.51. The fraction of sp³-hybridized carbons (Fsp3) is 0.571. The Morgan fingerprint density at radius 2 is 2.00 bits per heavy atom. The van der Waals surface area contributed by atoms with Gasteiger partial charge in [0, 0.05) is 12.1 Å². The second-order valence-corrected chi connectivity index (χ2v) is 8.34. The van der Waals surface area contributed by atoms with Crippen molar-refractivity contribution in [2.45, 2.75) is 51.4 Å². The number of carbonyl (C=O) groups excluding carboxylic acids is 3. The standard InChI is InChI=1S/C21H26F2N2O4/c1-11(19(27)29-4)7-8-24-15(26)10-25-18-14(22)9-13(12-5-6-12)17(23)16(18)21(2,3)20(25)28/h9,11-12H,5-8,10H2,1-4H3,(H,24,26)/t11-/m0/s1. The number of esters is 1. The van der Waals surface area contributed by atoms with Crippen LogP contribution in [-0.2, 0) is 24.5 Å². The molecule has 3 rings (SSSR count). The quantitative estimate of drug-likeness (QED) is 0.704. The van der Waals surface area contributed by atoms with Crippen LogP contribution in [0.4, 0.5) is 14.5 Å². The minimum absolute atomic E-state index is 0.00477. The third-order valence-corrected chi connectivity index (χ3v) is 5.71. The monoisotopic (exact) mass is 408 g/mol. The zero-order valence-electron chi connectivity index (χ0n) is 17.1. The Balaban J connectivity index is 1.76. The van der Waals surface area contributed by atoms with Gasteiger partial charge in [0.2, 0.25) is 11.8 Å². The van der Waals surface area contributed by atoms with Crippen LogP contribution in [0.1, 0.15) is 57.1 Å². The van der Waals surface area contributed by atoms with Crippen molar-refractivity contribution < 1.29 is 27.9 Å². The molecule has 6 nitrogen and oxygen atoms in total. The zero-order chi connectivity index (χ0) is 21.5. The molecule has 1 aromatic rings. The molecule has 2 amide bonds. The van der Waals surface area contributed by atoms with Crippen molar-refractivity contribution >= 4 is 23.5 Å². The number of rotatable bonds is 7. The maximum absolute atomic E-state index is 15.1. The predicted molar refractivity (Wildman–Crippen MR) is 103 cm³/mol. The van der Waals surface area contributed by atoms with Crippen molar-refractivity contribution in [2.24, 2.45) is 5.92 Å². The van der Waals surface area contributed by atoms with Crippen LogP contribution in [-0.4, -0.2) is 38.0 Å². The Kier molecular flexibility index (Phi) is 5.65. The molecule has 0 bridgehead atoms. The Morgan fingerprint density at radius 1 is 1.34 bits per heavy atom. The largest absolute Gasteiger partial charge is 0.469 e. The summed E-state index contributed by atoms with van der Waals surface area (Å²) in [5, 5.41) is 2.62. The van der Waals surface area contributed by atoms with Crippen LogP contribution in [0.15, 0.2) is 6.07 Å². The van der Waals surface area contributed by atoms with Gasteiger partial charge in [-0.05, 0) is 50.7 Å². The Labute approximate surface area is 168 Å². The number of carbonyl (C=O) groups is 3. The number of amides is 2. The molecule has 1 fully saturated rings. The molecule has 1 saturated carbocycles. The maximum Gasteiger partial charge on any atom is 0.308 e. The van der Waals surface area contributed by atoms with E-state index in [0.717, 1.165) is 23.8 Å². The van der Waals surface area contributed by atoms with Gasteiger partial charge in [0.15, 0.2) is 0 Å². The summed E-state index contributed by atoms with van der Waals surface area (Å²) in [4.78, 5) is 37.6. The minimum Gasteiger partial charge on any atom is -0.469 e. The van der Waals surface area contributed by atoms with Gasteiger partial charge in [-0.3, -0.25) is 19.3 Å². The van der Waals surface area contributed by atoms with E-state index < -0.39 is 35.4 Å². The first-order valence-electron chi connectivity index (χ1n) is 9.78. The van der Waals surface area contributed by atoms with E-state index in [0.29, 0.717) is 12.0 Å². The Bertz CT molecular complexity index is 865. The molecule has 0 radical (unpaired) electrons. The molecule has 1 aliphatic carbocycles. The molecule has 29 heavy (non-hydrogen) atoms. The van der Waals surface area contributed by atoms with Crippen molar-refractivity contribution in [3.8, 4) is 0 Å². The maximum atomic E-state index is 15.1. The number of ether oxygens (including phenoxy) is 1. The van der Waals surface area contributed by atoms with E-state index in [9.17, 15) is 18.8 Å². The molecule has 0 aromatic heterocycles. The lowest BCUT2D eigenvalue weighted by molar-refractivity contribution is -0.145. The summed E-state index contributed by atoms with van der Waals surface area (Å²) in [5.74, 6) is -3.03. The van der Waals surface area contributed by atoms with Crippen LogP contribution in [0.25, 0.3) is 0 Å². The summed E-state index contributed by atoms with van der Waals surface area (Å²) < 4.78 is 34.6. The minimum atomic E-state index is -1.26. The van der Waals surface area contributed by atoms with Gasteiger partial charge in [-0.2, -0.15) is 0 Å². The number of methoxy groups -OCH3 is 1. The van der Waals surface area contributed by atoms with Crippen molar-refractivity contribution in [3.05, 3.63) is 28.8 Å². The molecule has 1 heterocycles. The van der Waals surface area contributed by atoms with Crippen LogP contribution >= 0.6 is 0 Å². The summed E-state index contributed by atoms with van der Waals surface area (Å²) in [5.41, 5.74) is -1.08. The number of halogens is 2. The molecule has 158 valence electrons. The smallest absolute Gasteiger partial charge is 0.308 e. The highest BCUT2D eigenvalue weighted by Gasteiger charge is 2.49. The highest BCUT2D eigenvalue weighted by Crippen LogP contribution is 2.50. The van der Waals surface area contributed by atoms with E-state index in [2.05, 4.69) is 10.1 Å². The van der Waals surface area contributed by atoms with E-state index in [1.807, 2.05) is 0 Å². The molecule has 0 saturated heterocycles. The number of benzene rings is 1. The average molecular weight is 408 g/mol. The summed E-state index contributed by atoms with van der Waals surface area (Å²) in [6, 6.07) is 1.16. The molecular formula is C21H26F2N2O4. The summed E-state index contributed by atoms with van der Waals surface area (Å²) in [6.45, 7) is 4.55. The lowest BCUT2D eigenvalue weighted by Gasteiger charge is -2.20. The lowest BCUT2D eigenvalue weighted by Crippen LogP contribution is -2.43. The van der Waals surface area contributed by atoms with Gasteiger partial charge in [-0.15, -0.1) is 0 Å². The third kappa shape index (κ3) is 3.84. The van der Waals surface area contributed by atoms with Gasteiger partial charge in [-0.1, -0.05) is 6.92 Å². The number of fused-ring (bicyclic) bond motifs is 1. The van der Waals surface area contributed by atoms with Crippen LogP contribution < -0.4 is 10.2 Å². The van der Waals surface area contributed by atoms with Gasteiger partial charge in [0.05, 0.1) is 24.1 Å². The molecule has 8 heteroatoms. The van der Waals surface area contributed by atoms with Gasteiger partial charge in [0.25, 0.3) is 0 Å². The molecule has 0 spiro atoms. The van der Waals surface area contributed by atoms with Crippen LogP contribution in [0.3, 0.4) is 0 Å². The fourth-order valence-corrected chi connectivity index (χ4v) is 3.80. The van der Waals surface area contributed by atoms with Crippen LogP contribution in [0.2, 0.25) is 0 Å². The summed E-state index contributed by atoms with van der Waals surface area (Å²) >= 11 is 0. The number of hydrogen-bond donors (Lipinski definition) is 1. The van der Waals surface area contributed by atoms with Gasteiger partial charge in [0.1, 0.15) is 18.2 Å². The SMILES string of the molecule is COC(=O)[C@@H](C)CCNC(=O)CN1C(=O)C(C)(C)c2c(F)c(C3CC3)cc(F)c21. The van der Waals surface area contributed by atoms with Crippen molar-refractivity contribution in [2.75, 3.05) is 25.1 Å². The number of anilines is 1. The van der Waals surface area contributed by atoms with E-state index >= 15 is 4.39 Å². The second-order valence-electron chi connectivity index (χ2n) is 8.34. The first-order chi connectivity index (χ1) is 13.6. The van der Waals surface area contributed by atoms with Gasteiger partial charge < -0.3 is 10.1 Å². The van der Waals surface area contributed by atoms with E-state index in [4.69, 9.17) is 0 Å². The molecular weight excluding hydrogens is 382 g/mol. The van der Waals surface area contributed by atoms with Crippen molar-refractivity contribution in [1.82, 2.24) is 5.32 Å². The molecule has 1 N–H and O–H groups in total. The van der Waals surface area contributed by atoms with Gasteiger partial charge >= 0.3 is 5.97 Å². The van der Waals surface area contributed by atoms with E-state index in [1.165, 1.54) is 7.11 Å². The third-order valence-electron chi connectivity index (χ3n) is 5.71. The summed E-state index contributed by atoms with van der Waals surface area (Å²) in [6.07, 6.45) is 1.97. The van der Waals surface area contributed by atoms with Crippen LogP contribution in [0, 0.1) is 17.6 Å². The van der Waals surface area contributed by atoms with E-state index in [1.54, 1.807) is 20.8 Å². The molecule has 1 atom stereocenters. The number of nitrogens with zero attached hydrogens (tertiary/aromatic N) is 1. The molecule has 1 aromatic carbocycles. The molecule has 0 unspecified atom stereocenters. The van der Waals surface area contributed by atoms with Crippen LogP contribution in [0.5, 0.6) is 0 Å². The molecule has 1 aliphatic heterocycles. The number of hydrogen-bond acceptors (Lipinski definition) is 4. The second kappa shape index (κ2) is 7.72. The molecule has 2 aliphatic rings. The normalized spacial score (nSPS) is 18.4. The number of nitrogens with one attached hydrogen (secondary N) is 1. The zero-order valence-corrected chi connectivity index (χ0v) is 17.1. The average Bonchev–Trinajstić information content (AvgIpc) is 3.48. The van der Waals surface area contributed by atoms with Crippen molar-refractivity contribution in [3.63, 3.8) is 0 Å².